The summed E-state index contributed by atoms with van der Waals surface area (Å²) in [6, 6.07) is 19.2. The van der Waals surface area contributed by atoms with Gasteiger partial charge >= 0.3 is 0 Å². The molecule has 2 aromatic carbocycles. The quantitative estimate of drug-likeness (QED) is 0.643. The van der Waals surface area contributed by atoms with Crippen molar-refractivity contribution in [1.82, 2.24) is 4.98 Å². The van der Waals surface area contributed by atoms with E-state index in [0.717, 1.165) is 11.4 Å². The molecule has 0 aliphatic heterocycles. The van der Waals surface area contributed by atoms with Gasteiger partial charge in [-0.15, -0.1) is 0 Å². The molecule has 1 heterocycles. The van der Waals surface area contributed by atoms with Crippen molar-refractivity contribution in [3.63, 3.8) is 0 Å². The van der Waals surface area contributed by atoms with Crippen LogP contribution in [0.15, 0.2) is 66.9 Å². The van der Waals surface area contributed by atoms with Crippen molar-refractivity contribution < 1.29 is 9.53 Å². The number of rotatable bonds is 7. The summed E-state index contributed by atoms with van der Waals surface area (Å²) in [4.78, 5) is 16.6. The van der Waals surface area contributed by atoms with Crippen LogP contribution in [0.2, 0.25) is 0 Å². The lowest BCUT2D eigenvalue weighted by Gasteiger charge is -2.09. The third-order valence-corrected chi connectivity index (χ3v) is 4.00. The first-order chi connectivity index (χ1) is 13.1. The number of amides is 1. The third-order valence-electron chi connectivity index (χ3n) is 4.00. The molecule has 0 saturated carbocycles. The van der Waals surface area contributed by atoms with Crippen LogP contribution in [0.4, 0.5) is 11.4 Å². The lowest BCUT2D eigenvalue weighted by atomic mass is 10.1. The summed E-state index contributed by atoms with van der Waals surface area (Å²) in [6.07, 6.45) is 1.67. The molecule has 3 rings (SSSR count). The molecule has 3 aromatic rings. The van der Waals surface area contributed by atoms with Crippen molar-refractivity contribution in [1.29, 1.82) is 0 Å². The number of nitrogens with zero attached hydrogens (tertiary/aromatic N) is 1. The fraction of sp³-hybridized carbons (Fsp3) is 0.182. The number of ether oxygens (including phenoxy) is 1. The highest BCUT2D eigenvalue weighted by Crippen LogP contribution is 2.17. The van der Waals surface area contributed by atoms with Crippen LogP contribution in [-0.4, -0.2) is 17.5 Å². The monoisotopic (exact) mass is 361 g/mol. The molecule has 0 spiro atoms. The van der Waals surface area contributed by atoms with Crippen LogP contribution in [0.25, 0.3) is 0 Å². The molecule has 1 aromatic heterocycles. The minimum Gasteiger partial charge on any atom is -0.494 e. The topological polar surface area (TPSA) is 63.2 Å². The van der Waals surface area contributed by atoms with Crippen LogP contribution in [0.5, 0.6) is 5.75 Å². The van der Waals surface area contributed by atoms with Gasteiger partial charge in [-0.1, -0.05) is 29.8 Å². The van der Waals surface area contributed by atoms with E-state index < -0.39 is 0 Å². The van der Waals surface area contributed by atoms with E-state index in [9.17, 15) is 4.79 Å². The van der Waals surface area contributed by atoms with Gasteiger partial charge in [0.05, 0.1) is 18.5 Å². The first-order valence-electron chi connectivity index (χ1n) is 8.94. The van der Waals surface area contributed by atoms with Crippen LogP contribution in [0, 0.1) is 6.92 Å². The number of hydrogen-bond donors (Lipinski definition) is 2. The van der Waals surface area contributed by atoms with Crippen molar-refractivity contribution in [3.05, 3.63) is 83.7 Å². The number of aromatic nitrogens is 1. The lowest BCUT2D eigenvalue weighted by Crippen LogP contribution is -2.13. The van der Waals surface area contributed by atoms with E-state index in [-0.39, 0.29) is 5.91 Å². The number of hydrogen-bond acceptors (Lipinski definition) is 4. The fourth-order valence-electron chi connectivity index (χ4n) is 2.66. The molecule has 2 N–H and O–H groups in total. The Labute approximate surface area is 159 Å². The predicted molar refractivity (Wildman–Crippen MR) is 108 cm³/mol. The summed E-state index contributed by atoms with van der Waals surface area (Å²) in [7, 11) is 0. The second-order valence-electron chi connectivity index (χ2n) is 6.19. The number of nitrogens with one attached hydrogen (secondary N) is 2. The molecule has 1 amide bonds. The second kappa shape index (κ2) is 8.85. The van der Waals surface area contributed by atoms with Crippen molar-refractivity contribution in [2.24, 2.45) is 0 Å². The minimum atomic E-state index is -0.246. The normalized spacial score (nSPS) is 10.3. The summed E-state index contributed by atoms with van der Waals surface area (Å²) < 4.78 is 5.39. The van der Waals surface area contributed by atoms with Gasteiger partial charge in [-0.25, -0.2) is 4.98 Å². The maximum absolute atomic E-state index is 12.3. The first kappa shape index (κ1) is 18.5. The zero-order valence-electron chi connectivity index (χ0n) is 15.5. The Morgan fingerprint density at radius 3 is 2.48 bits per heavy atom. The molecule has 0 aliphatic rings. The summed E-state index contributed by atoms with van der Waals surface area (Å²) in [6.45, 7) is 5.32. The number of carbonyl (C=O) groups excluding carboxylic acids is 1. The molecule has 5 nitrogen and oxygen atoms in total. The highest BCUT2D eigenvalue weighted by Gasteiger charge is 2.08. The van der Waals surface area contributed by atoms with E-state index in [1.165, 1.54) is 11.1 Å². The van der Waals surface area contributed by atoms with Crippen molar-refractivity contribution in [3.8, 4) is 5.75 Å². The lowest BCUT2D eigenvalue weighted by molar-refractivity contribution is 0.102. The Kier molecular flexibility index (Phi) is 6.05. The van der Waals surface area contributed by atoms with Crippen molar-refractivity contribution >= 4 is 17.3 Å². The zero-order chi connectivity index (χ0) is 19.1. The van der Waals surface area contributed by atoms with E-state index in [2.05, 4.69) is 40.7 Å². The average Bonchev–Trinajstić information content (AvgIpc) is 2.68. The van der Waals surface area contributed by atoms with Gasteiger partial charge in [-0.2, -0.15) is 0 Å². The van der Waals surface area contributed by atoms with Crippen molar-refractivity contribution in [2.75, 3.05) is 17.2 Å². The molecular formula is C22H23N3O2. The number of pyridine rings is 1. The van der Waals surface area contributed by atoms with Gasteiger partial charge in [-0.05, 0) is 55.8 Å². The molecule has 138 valence electrons. The second-order valence-corrected chi connectivity index (χ2v) is 6.19. The summed E-state index contributed by atoms with van der Waals surface area (Å²) in [5.74, 6) is 0.530. The van der Waals surface area contributed by atoms with Gasteiger partial charge in [-0.3, -0.25) is 4.79 Å². The number of benzene rings is 2. The average molecular weight is 361 g/mol. The Morgan fingerprint density at radius 1 is 1.04 bits per heavy atom. The minimum absolute atomic E-state index is 0.246. The zero-order valence-corrected chi connectivity index (χ0v) is 15.5. The molecule has 5 heteroatoms. The molecular weight excluding hydrogens is 338 g/mol. The molecule has 0 fully saturated rings. The Balaban J connectivity index is 1.56. The Hall–Kier alpha value is -3.34. The van der Waals surface area contributed by atoms with E-state index in [0.29, 0.717) is 24.5 Å². The van der Waals surface area contributed by atoms with Crippen LogP contribution in [0.1, 0.15) is 28.5 Å². The Bertz CT molecular complexity index is 890. The molecule has 0 saturated heterocycles. The largest absolute Gasteiger partial charge is 0.494 e. The van der Waals surface area contributed by atoms with Gasteiger partial charge in [0.15, 0.2) is 0 Å². The van der Waals surface area contributed by atoms with Crippen LogP contribution < -0.4 is 15.4 Å². The van der Waals surface area contributed by atoms with Gasteiger partial charge in [0.25, 0.3) is 5.91 Å². The maximum Gasteiger partial charge on any atom is 0.274 e. The SMILES string of the molecule is CCOc1ccc(NC(=O)c2ccc(NCc3cccc(C)c3)cn2)cc1. The van der Waals surface area contributed by atoms with Crippen molar-refractivity contribution in [2.45, 2.75) is 20.4 Å². The molecule has 0 aliphatic carbocycles. The smallest absolute Gasteiger partial charge is 0.274 e. The van der Waals surface area contributed by atoms with Gasteiger partial charge in [0.1, 0.15) is 11.4 Å². The van der Waals surface area contributed by atoms with Gasteiger partial charge in [0.2, 0.25) is 0 Å². The van der Waals surface area contributed by atoms with E-state index in [1.54, 1.807) is 24.4 Å². The van der Waals surface area contributed by atoms with Gasteiger partial charge in [0, 0.05) is 12.2 Å². The highest BCUT2D eigenvalue weighted by atomic mass is 16.5. The predicted octanol–water partition coefficient (Wildman–Crippen LogP) is 4.65. The highest BCUT2D eigenvalue weighted by molar-refractivity contribution is 6.02. The van der Waals surface area contributed by atoms with E-state index >= 15 is 0 Å². The van der Waals surface area contributed by atoms with Crippen LogP contribution in [-0.2, 0) is 6.54 Å². The van der Waals surface area contributed by atoms with E-state index in [4.69, 9.17) is 4.74 Å². The molecule has 0 unspecified atom stereocenters. The molecule has 27 heavy (non-hydrogen) atoms. The number of anilines is 2. The van der Waals surface area contributed by atoms with Crippen LogP contribution >= 0.6 is 0 Å². The maximum atomic E-state index is 12.3. The van der Waals surface area contributed by atoms with Gasteiger partial charge < -0.3 is 15.4 Å². The Morgan fingerprint density at radius 2 is 1.81 bits per heavy atom. The van der Waals surface area contributed by atoms with Crippen LogP contribution in [0.3, 0.4) is 0 Å². The van der Waals surface area contributed by atoms with E-state index in [1.807, 2.05) is 31.2 Å². The third kappa shape index (κ3) is 5.31. The first-order valence-corrected chi connectivity index (χ1v) is 8.94. The molecule has 0 atom stereocenters. The molecule has 0 bridgehead atoms. The summed E-state index contributed by atoms with van der Waals surface area (Å²) in [5.41, 5.74) is 4.37. The number of carbonyl (C=O) groups is 1. The molecule has 0 radical (unpaired) electrons. The summed E-state index contributed by atoms with van der Waals surface area (Å²) in [5, 5.41) is 6.15. The fourth-order valence-corrected chi connectivity index (χ4v) is 2.66. The standard InChI is InChI=1S/C22H23N3O2/c1-3-27-20-10-7-18(8-11-20)25-22(26)21-12-9-19(15-24-21)23-14-17-6-4-5-16(2)13-17/h4-13,15,23H,3,14H2,1-2H3,(H,25,26). The number of aryl methyl sites for hydroxylation is 1. The summed E-state index contributed by atoms with van der Waals surface area (Å²) >= 11 is 0.